The number of hydrogen-bond acceptors (Lipinski definition) is 4. The monoisotopic (exact) mass is 191 g/mol. The predicted octanol–water partition coefficient (Wildman–Crippen LogP) is 2.10. The summed E-state index contributed by atoms with van der Waals surface area (Å²) >= 11 is 1.58. The van der Waals surface area contributed by atoms with Crippen LogP contribution in [-0.2, 0) is 0 Å². The van der Waals surface area contributed by atoms with E-state index in [2.05, 4.69) is 10.2 Å². The van der Waals surface area contributed by atoms with E-state index in [0.29, 0.717) is 0 Å². The maximum atomic E-state index is 5.75. The third-order valence-corrected chi connectivity index (χ3v) is 2.68. The molecule has 0 unspecified atom stereocenters. The molecule has 0 bridgehead atoms. The first-order valence-electron chi connectivity index (χ1n) is 3.91. The molecule has 2 rings (SSSR count). The van der Waals surface area contributed by atoms with Gasteiger partial charge in [0.1, 0.15) is 5.69 Å². The minimum atomic E-state index is 0.767. The Kier molecular flexibility index (Phi) is 1.98. The molecule has 0 aliphatic carbocycles. The van der Waals surface area contributed by atoms with Gasteiger partial charge in [-0.15, -0.1) is 16.4 Å². The summed E-state index contributed by atoms with van der Waals surface area (Å²) in [6, 6.07) is 5.74. The zero-order chi connectivity index (χ0) is 9.26. The van der Waals surface area contributed by atoms with E-state index in [1.807, 2.05) is 30.5 Å². The first-order valence-corrected chi connectivity index (χ1v) is 4.79. The van der Waals surface area contributed by atoms with Crippen molar-refractivity contribution in [2.75, 3.05) is 5.73 Å². The number of nitrogens with zero attached hydrogens (tertiary/aromatic N) is 2. The molecule has 0 amide bonds. The van der Waals surface area contributed by atoms with Crippen LogP contribution in [0.3, 0.4) is 0 Å². The molecule has 2 N–H and O–H groups in total. The van der Waals surface area contributed by atoms with Crippen LogP contribution in [0.1, 0.15) is 5.69 Å². The molecule has 0 saturated heterocycles. The van der Waals surface area contributed by atoms with Crippen LogP contribution in [0, 0.1) is 6.92 Å². The van der Waals surface area contributed by atoms with Crippen molar-refractivity contribution >= 4 is 17.0 Å². The van der Waals surface area contributed by atoms with Gasteiger partial charge in [-0.1, -0.05) is 0 Å². The molecule has 4 heteroatoms. The first kappa shape index (κ1) is 8.19. The molecule has 13 heavy (non-hydrogen) atoms. The molecule has 66 valence electrons. The Hall–Kier alpha value is -1.42. The van der Waals surface area contributed by atoms with E-state index in [1.54, 1.807) is 11.3 Å². The van der Waals surface area contributed by atoms with Gasteiger partial charge >= 0.3 is 0 Å². The van der Waals surface area contributed by atoms with Gasteiger partial charge in [0.15, 0.2) is 0 Å². The third-order valence-electron chi connectivity index (χ3n) is 1.73. The van der Waals surface area contributed by atoms with E-state index < -0.39 is 0 Å². The van der Waals surface area contributed by atoms with Crippen molar-refractivity contribution in [1.29, 1.82) is 0 Å². The van der Waals surface area contributed by atoms with Crippen LogP contribution in [0.5, 0.6) is 0 Å². The number of aromatic nitrogens is 2. The summed E-state index contributed by atoms with van der Waals surface area (Å²) in [7, 11) is 0. The molecule has 3 nitrogen and oxygen atoms in total. The van der Waals surface area contributed by atoms with E-state index in [4.69, 9.17) is 5.73 Å². The fourth-order valence-corrected chi connectivity index (χ4v) is 1.83. The number of nitrogen functional groups attached to an aromatic ring is 1. The summed E-state index contributed by atoms with van der Waals surface area (Å²) in [5.74, 6) is 0. The fraction of sp³-hybridized carbons (Fsp3) is 0.111. The summed E-state index contributed by atoms with van der Waals surface area (Å²) in [4.78, 5) is 0.993. The van der Waals surface area contributed by atoms with E-state index in [1.165, 1.54) is 0 Å². The van der Waals surface area contributed by atoms with Gasteiger partial charge in [-0.3, -0.25) is 0 Å². The third kappa shape index (κ3) is 1.53. The van der Waals surface area contributed by atoms with Crippen LogP contribution in [0.15, 0.2) is 23.6 Å². The van der Waals surface area contributed by atoms with Crippen LogP contribution >= 0.6 is 11.3 Å². The summed E-state index contributed by atoms with van der Waals surface area (Å²) in [5, 5.41) is 9.99. The lowest BCUT2D eigenvalue weighted by molar-refractivity contribution is 0.989. The smallest absolute Gasteiger partial charge is 0.105 e. The van der Waals surface area contributed by atoms with Gasteiger partial charge in [0.25, 0.3) is 0 Å². The van der Waals surface area contributed by atoms with E-state index in [9.17, 15) is 0 Å². The first-order chi connectivity index (χ1) is 6.27. The Morgan fingerprint density at radius 2 is 2.08 bits per heavy atom. The second-order valence-corrected chi connectivity index (χ2v) is 3.68. The zero-order valence-electron chi connectivity index (χ0n) is 7.19. The number of aryl methyl sites for hydroxylation is 1. The number of nitrogens with two attached hydrogens (primary N) is 1. The molecule has 2 aromatic heterocycles. The van der Waals surface area contributed by atoms with Crippen molar-refractivity contribution in [3.05, 3.63) is 29.3 Å². The van der Waals surface area contributed by atoms with Gasteiger partial charge in [-0.05, 0) is 30.5 Å². The van der Waals surface area contributed by atoms with E-state index in [0.717, 1.165) is 22.0 Å². The van der Waals surface area contributed by atoms with Crippen molar-refractivity contribution in [3.63, 3.8) is 0 Å². The molecule has 0 saturated carbocycles. The molecular weight excluding hydrogens is 182 g/mol. The molecule has 2 heterocycles. The molecule has 0 atom stereocenters. The van der Waals surface area contributed by atoms with Crippen LogP contribution in [0.2, 0.25) is 0 Å². The standard InChI is InChI=1S/C9H9N3S/c1-6-2-3-8(12-11-6)9-7(10)4-5-13-9/h2-5H,10H2,1H3. The SMILES string of the molecule is Cc1ccc(-c2sccc2N)nn1. The average Bonchev–Trinajstić information content (AvgIpc) is 2.53. The lowest BCUT2D eigenvalue weighted by Gasteiger charge is -1.97. The normalized spacial score (nSPS) is 10.2. The molecular formula is C9H9N3S. The highest BCUT2D eigenvalue weighted by molar-refractivity contribution is 7.14. The number of thiophene rings is 1. The Morgan fingerprint density at radius 3 is 2.62 bits per heavy atom. The quantitative estimate of drug-likeness (QED) is 0.751. The van der Waals surface area contributed by atoms with Crippen molar-refractivity contribution in [2.45, 2.75) is 6.92 Å². The molecule has 0 fully saturated rings. The van der Waals surface area contributed by atoms with Crippen molar-refractivity contribution in [3.8, 4) is 10.6 Å². The molecule has 2 aromatic rings. The second-order valence-electron chi connectivity index (χ2n) is 2.77. The highest BCUT2D eigenvalue weighted by Crippen LogP contribution is 2.29. The minimum absolute atomic E-state index is 0.767. The highest BCUT2D eigenvalue weighted by Gasteiger charge is 2.04. The molecule has 0 radical (unpaired) electrons. The Labute approximate surface area is 80.2 Å². The fourth-order valence-electron chi connectivity index (χ4n) is 1.05. The lowest BCUT2D eigenvalue weighted by atomic mass is 10.3. The maximum absolute atomic E-state index is 5.75. The summed E-state index contributed by atoms with van der Waals surface area (Å²) in [6.07, 6.45) is 0. The average molecular weight is 191 g/mol. The summed E-state index contributed by atoms with van der Waals surface area (Å²) in [5.41, 5.74) is 8.28. The lowest BCUT2D eigenvalue weighted by Crippen LogP contribution is -1.90. The van der Waals surface area contributed by atoms with Crippen LogP contribution in [0.25, 0.3) is 10.6 Å². The van der Waals surface area contributed by atoms with Crippen LogP contribution < -0.4 is 5.73 Å². The van der Waals surface area contributed by atoms with Crippen LogP contribution in [-0.4, -0.2) is 10.2 Å². The van der Waals surface area contributed by atoms with Gasteiger partial charge in [-0.25, -0.2) is 0 Å². The topological polar surface area (TPSA) is 51.8 Å². The van der Waals surface area contributed by atoms with Gasteiger partial charge in [0, 0.05) is 0 Å². The number of rotatable bonds is 1. The zero-order valence-corrected chi connectivity index (χ0v) is 8.01. The van der Waals surface area contributed by atoms with Crippen LogP contribution in [0.4, 0.5) is 5.69 Å². The van der Waals surface area contributed by atoms with E-state index in [-0.39, 0.29) is 0 Å². The van der Waals surface area contributed by atoms with Crippen molar-refractivity contribution in [2.24, 2.45) is 0 Å². The second kappa shape index (κ2) is 3.14. The predicted molar refractivity (Wildman–Crippen MR) is 54.5 cm³/mol. The Bertz CT molecular complexity index is 405. The Morgan fingerprint density at radius 1 is 1.23 bits per heavy atom. The van der Waals surface area contributed by atoms with E-state index >= 15 is 0 Å². The van der Waals surface area contributed by atoms with Crippen molar-refractivity contribution in [1.82, 2.24) is 10.2 Å². The Balaban J connectivity index is 2.47. The summed E-state index contributed by atoms with van der Waals surface area (Å²) in [6.45, 7) is 1.91. The number of anilines is 1. The number of hydrogen-bond donors (Lipinski definition) is 1. The summed E-state index contributed by atoms with van der Waals surface area (Å²) < 4.78 is 0. The van der Waals surface area contributed by atoms with Crippen molar-refractivity contribution < 1.29 is 0 Å². The van der Waals surface area contributed by atoms with Gasteiger partial charge in [0.05, 0.1) is 16.3 Å². The molecule has 0 aromatic carbocycles. The van der Waals surface area contributed by atoms with Gasteiger partial charge < -0.3 is 5.73 Å². The highest BCUT2D eigenvalue weighted by atomic mass is 32.1. The molecule has 0 aliphatic rings. The van der Waals surface area contributed by atoms with Gasteiger partial charge in [0.2, 0.25) is 0 Å². The molecule has 0 aliphatic heterocycles. The minimum Gasteiger partial charge on any atom is -0.397 e. The van der Waals surface area contributed by atoms with Gasteiger partial charge in [-0.2, -0.15) is 5.10 Å². The maximum Gasteiger partial charge on any atom is 0.105 e. The largest absolute Gasteiger partial charge is 0.397 e. The molecule has 0 spiro atoms.